The maximum Gasteiger partial charge on any atom is 0.227 e. The van der Waals surface area contributed by atoms with Gasteiger partial charge in [-0.05, 0) is 36.4 Å². The highest BCUT2D eigenvalue weighted by atomic mass is 16.5. The molecule has 0 unspecified atom stereocenters. The average molecular weight is 376 g/mol. The van der Waals surface area contributed by atoms with Gasteiger partial charge in [0.25, 0.3) is 0 Å². The van der Waals surface area contributed by atoms with E-state index in [-0.39, 0.29) is 5.91 Å². The molecule has 2 heterocycles. The van der Waals surface area contributed by atoms with E-state index in [0.29, 0.717) is 6.42 Å². The van der Waals surface area contributed by atoms with Gasteiger partial charge in [0.1, 0.15) is 5.75 Å². The fourth-order valence-corrected chi connectivity index (χ4v) is 3.43. The van der Waals surface area contributed by atoms with Crippen molar-refractivity contribution >= 4 is 5.91 Å². The standard InChI is InChI=1S/C22H24N4O2/c1-28-20-9-7-17(8-10-20)22-18(15-21(27)25-13-11-23-12-14-25)16-26(24-22)19-5-3-2-4-6-19/h2-10,16,23H,11-15H2,1H3. The lowest BCUT2D eigenvalue weighted by Gasteiger charge is -2.27. The van der Waals surface area contributed by atoms with Crippen molar-refractivity contribution in [2.24, 2.45) is 0 Å². The maximum absolute atomic E-state index is 12.8. The first kappa shape index (κ1) is 18.3. The van der Waals surface area contributed by atoms with Crippen LogP contribution in [0.4, 0.5) is 0 Å². The van der Waals surface area contributed by atoms with Crippen molar-refractivity contribution in [2.45, 2.75) is 6.42 Å². The van der Waals surface area contributed by atoms with E-state index in [9.17, 15) is 4.79 Å². The van der Waals surface area contributed by atoms with Gasteiger partial charge in [0.2, 0.25) is 5.91 Å². The second kappa shape index (κ2) is 8.27. The molecule has 1 fully saturated rings. The Morgan fingerprint density at radius 1 is 1.07 bits per heavy atom. The number of benzene rings is 2. The second-order valence-corrected chi connectivity index (χ2v) is 6.82. The third-order valence-corrected chi connectivity index (χ3v) is 4.99. The zero-order chi connectivity index (χ0) is 19.3. The molecular formula is C22H24N4O2. The number of carbonyl (C=O) groups is 1. The summed E-state index contributed by atoms with van der Waals surface area (Å²) in [6.07, 6.45) is 2.31. The Morgan fingerprint density at radius 2 is 1.79 bits per heavy atom. The maximum atomic E-state index is 12.8. The van der Waals surface area contributed by atoms with Crippen LogP contribution < -0.4 is 10.1 Å². The SMILES string of the molecule is COc1ccc(-c2nn(-c3ccccc3)cc2CC(=O)N2CCNCC2)cc1. The molecule has 144 valence electrons. The first-order chi connectivity index (χ1) is 13.7. The summed E-state index contributed by atoms with van der Waals surface area (Å²) in [5.41, 5.74) is 3.70. The molecule has 1 aliphatic rings. The molecule has 28 heavy (non-hydrogen) atoms. The third kappa shape index (κ3) is 3.92. The molecule has 0 spiro atoms. The third-order valence-electron chi connectivity index (χ3n) is 4.99. The number of ether oxygens (including phenoxy) is 1. The number of nitrogens with one attached hydrogen (secondary N) is 1. The minimum absolute atomic E-state index is 0.142. The fraction of sp³-hybridized carbons (Fsp3) is 0.273. The van der Waals surface area contributed by atoms with Crippen LogP contribution in [0.2, 0.25) is 0 Å². The number of carbonyl (C=O) groups excluding carboxylic acids is 1. The minimum atomic E-state index is 0.142. The van der Waals surface area contributed by atoms with Gasteiger partial charge in [0.05, 0.1) is 24.9 Å². The van der Waals surface area contributed by atoms with E-state index in [0.717, 1.165) is 54.4 Å². The Labute approximate surface area is 164 Å². The lowest BCUT2D eigenvalue weighted by molar-refractivity contribution is -0.131. The molecule has 0 radical (unpaired) electrons. The monoisotopic (exact) mass is 376 g/mol. The summed E-state index contributed by atoms with van der Waals surface area (Å²) in [5.74, 6) is 0.938. The van der Waals surface area contributed by atoms with Crippen LogP contribution in [-0.4, -0.2) is 53.9 Å². The Hall–Kier alpha value is -3.12. The first-order valence-corrected chi connectivity index (χ1v) is 9.51. The predicted molar refractivity (Wildman–Crippen MR) is 109 cm³/mol. The quantitative estimate of drug-likeness (QED) is 0.743. The van der Waals surface area contributed by atoms with Crippen LogP contribution in [0.5, 0.6) is 5.75 Å². The molecule has 0 saturated carbocycles. The summed E-state index contributed by atoms with van der Waals surface area (Å²) in [6, 6.07) is 17.7. The lowest BCUT2D eigenvalue weighted by Crippen LogP contribution is -2.46. The van der Waals surface area contributed by atoms with Gasteiger partial charge in [-0.25, -0.2) is 4.68 Å². The van der Waals surface area contributed by atoms with Gasteiger partial charge in [-0.15, -0.1) is 0 Å². The van der Waals surface area contributed by atoms with Crippen molar-refractivity contribution in [1.29, 1.82) is 0 Å². The van der Waals surface area contributed by atoms with E-state index in [4.69, 9.17) is 9.84 Å². The fourth-order valence-electron chi connectivity index (χ4n) is 3.43. The Bertz CT molecular complexity index is 929. The van der Waals surface area contributed by atoms with E-state index in [1.165, 1.54) is 0 Å². The number of para-hydroxylation sites is 1. The van der Waals surface area contributed by atoms with Crippen LogP contribution >= 0.6 is 0 Å². The zero-order valence-electron chi connectivity index (χ0n) is 16.0. The van der Waals surface area contributed by atoms with Crippen molar-refractivity contribution < 1.29 is 9.53 Å². The van der Waals surface area contributed by atoms with Crippen molar-refractivity contribution in [3.05, 3.63) is 66.4 Å². The van der Waals surface area contributed by atoms with Gasteiger partial charge in [-0.1, -0.05) is 18.2 Å². The smallest absolute Gasteiger partial charge is 0.227 e. The molecule has 6 heteroatoms. The number of nitrogens with zero attached hydrogens (tertiary/aromatic N) is 3. The van der Waals surface area contributed by atoms with Crippen LogP contribution in [0.25, 0.3) is 16.9 Å². The highest BCUT2D eigenvalue weighted by molar-refractivity contribution is 5.81. The molecule has 6 nitrogen and oxygen atoms in total. The van der Waals surface area contributed by atoms with Gasteiger partial charge in [-0.2, -0.15) is 5.10 Å². The van der Waals surface area contributed by atoms with Crippen molar-refractivity contribution in [2.75, 3.05) is 33.3 Å². The largest absolute Gasteiger partial charge is 0.497 e. The molecule has 0 atom stereocenters. The van der Waals surface area contributed by atoms with Crippen LogP contribution in [0, 0.1) is 0 Å². The molecule has 1 amide bonds. The highest BCUT2D eigenvalue weighted by Gasteiger charge is 2.20. The molecule has 2 aromatic carbocycles. The molecule has 4 rings (SSSR count). The number of rotatable bonds is 5. The van der Waals surface area contributed by atoms with Gasteiger partial charge in [-0.3, -0.25) is 4.79 Å². The van der Waals surface area contributed by atoms with E-state index in [1.54, 1.807) is 7.11 Å². The first-order valence-electron chi connectivity index (χ1n) is 9.51. The van der Waals surface area contributed by atoms with Crippen LogP contribution in [-0.2, 0) is 11.2 Å². The summed E-state index contributed by atoms with van der Waals surface area (Å²) in [5, 5.41) is 8.08. The highest BCUT2D eigenvalue weighted by Crippen LogP contribution is 2.26. The number of piperazine rings is 1. The number of amides is 1. The van der Waals surface area contributed by atoms with Gasteiger partial charge >= 0.3 is 0 Å². The van der Waals surface area contributed by atoms with Gasteiger partial charge < -0.3 is 15.0 Å². The summed E-state index contributed by atoms with van der Waals surface area (Å²) in [4.78, 5) is 14.8. The Balaban J connectivity index is 1.67. The number of methoxy groups -OCH3 is 1. The van der Waals surface area contributed by atoms with Crippen molar-refractivity contribution in [1.82, 2.24) is 20.0 Å². The molecule has 3 aromatic rings. The average Bonchev–Trinajstić information content (AvgIpc) is 3.19. The van der Waals surface area contributed by atoms with Crippen molar-refractivity contribution in [3.63, 3.8) is 0 Å². The van der Waals surface area contributed by atoms with E-state index in [2.05, 4.69) is 5.32 Å². The number of hydrogen-bond donors (Lipinski definition) is 1. The molecule has 1 saturated heterocycles. The summed E-state index contributed by atoms with van der Waals surface area (Å²) in [7, 11) is 1.65. The number of aromatic nitrogens is 2. The normalized spacial score (nSPS) is 14.1. The second-order valence-electron chi connectivity index (χ2n) is 6.82. The van der Waals surface area contributed by atoms with E-state index >= 15 is 0 Å². The molecule has 0 bridgehead atoms. The van der Waals surface area contributed by atoms with E-state index < -0.39 is 0 Å². The van der Waals surface area contributed by atoms with Gasteiger partial charge in [0.15, 0.2) is 0 Å². The van der Waals surface area contributed by atoms with E-state index in [1.807, 2.05) is 70.4 Å². The topological polar surface area (TPSA) is 59.4 Å². The van der Waals surface area contributed by atoms with Crippen LogP contribution in [0.15, 0.2) is 60.8 Å². The molecule has 1 aromatic heterocycles. The Kier molecular flexibility index (Phi) is 5.39. The molecule has 0 aliphatic carbocycles. The zero-order valence-corrected chi connectivity index (χ0v) is 16.0. The number of hydrogen-bond acceptors (Lipinski definition) is 4. The van der Waals surface area contributed by atoms with Crippen LogP contribution in [0.1, 0.15) is 5.56 Å². The summed E-state index contributed by atoms with van der Waals surface area (Å²) < 4.78 is 7.11. The predicted octanol–water partition coefficient (Wildman–Crippen LogP) is 2.52. The minimum Gasteiger partial charge on any atom is -0.497 e. The molecular weight excluding hydrogens is 352 g/mol. The molecule has 1 N–H and O–H groups in total. The molecule has 1 aliphatic heterocycles. The summed E-state index contributed by atoms with van der Waals surface area (Å²) >= 11 is 0. The van der Waals surface area contributed by atoms with Gasteiger partial charge in [0, 0.05) is 43.5 Å². The Morgan fingerprint density at radius 3 is 2.46 bits per heavy atom. The van der Waals surface area contributed by atoms with Crippen LogP contribution in [0.3, 0.4) is 0 Å². The summed E-state index contributed by atoms with van der Waals surface area (Å²) in [6.45, 7) is 3.20. The van der Waals surface area contributed by atoms with Crippen molar-refractivity contribution in [3.8, 4) is 22.7 Å². The lowest BCUT2D eigenvalue weighted by atomic mass is 10.1.